The molecule has 0 amide bonds. The Morgan fingerprint density at radius 1 is 0.295 bits per heavy atom. The number of rotatable bonds is 10. The van der Waals surface area contributed by atoms with Gasteiger partial charge in [-0.05, 0) is 54.1 Å². The number of halogens is 3. The zero-order valence-electron chi connectivity index (χ0n) is 41.4. The van der Waals surface area contributed by atoms with Crippen molar-refractivity contribution in [2.45, 2.75) is 0 Å². The van der Waals surface area contributed by atoms with Crippen molar-refractivity contribution in [1.29, 1.82) is 0 Å². The number of nitrogens with zero attached hydrogens (tertiary/aromatic N) is 8. The van der Waals surface area contributed by atoms with Crippen molar-refractivity contribution < 1.29 is 10.0 Å². The first-order valence-corrected chi connectivity index (χ1v) is 26.1. The maximum atomic E-state index is 8.90. The minimum absolute atomic E-state index is 0.398. The molecule has 12 rings (SSSR count). The quantitative estimate of drug-likeness (QED) is 0.127. The molecule has 0 radical (unpaired) electrons. The first kappa shape index (κ1) is 52.6. The Morgan fingerprint density at radius 2 is 0.615 bits per heavy atom. The molecule has 0 fully saturated rings. The third kappa shape index (κ3) is 13.6. The number of aromatic nitrogens is 8. The number of hydrogen-bond donors (Lipinski definition) is 2. The van der Waals surface area contributed by atoms with Gasteiger partial charge in [-0.3, -0.25) is 9.97 Å². The zero-order chi connectivity index (χ0) is 53.6. The first-order valence-electron chi connectivity index (χ1n) is 24.6. The highest BCUT2D eigenvalue weighted by Crippen LogP contribution is 2.33. The molecule has 376 valence electrons. The van der Waals surface area contributed by atoms with Crippen molar-refractivity contribution in [3.8, 4) is 102 Å². The van der Waals surface area contributed by atoms with Gasteiger partial charge >= 0.3 is 7.12 Å². The molecular weight excluding hydrogens is 1070 g/mol. The SMILES string of the molecule is Clc1cc(-c2ccc(-c3ccccc3)nc2)cc(-c2nc(-c3ccccc3)nc(-c3ccccc3)n2)c1.Clc1cc(Br)cc(-c2nc(-c3ccccc3)nc(-c3ccccc3)n2)c1.OB(O)c1ccc(-c2ccccc2)nc1. The van der Waals surface area contributed by atoms with Gasteiger partial charge in [0.1, 0.15) is 0 Å². The molecule has 0 saturated carbocycles. The number of pyridine rings is 2. The normalized spacial score (nSPS) is 10.6. The van der Waals surface area contributed by atoms with Crippen molar-refractivity contribution >= 4 is 51.7 Å². The van der Waals surface area contributed by atoms with E-state index in [-0.39, 0.29) is 0 Å². The van der Waals surface area contributed by atoms with Gasteiger partial charge in [0.15, 0.2) is 34.9 Å². The van der Waals surface area contributed by atoms with Crippen LogP contribution in [0, 0.1) is 0 Å². The lowest BCUT2D eigenvalue weighted by molar-refractivity contribution is 0.425. The van der Waals surface area contributed by atoms with Gasteiger partial charge in [-0.1, -0.05) is 233 Å². The average Bonchev–Trinajstić information content (AvgIpc) is 3.51. The third-order valence-electron chi connectivity index (χ3n) is 12.0. The van der Waals surface area contributed by atoms with Crippen LogP contribution in [0.1, 0.15) is 0 Å². The molecule has 12 aromatic rings. The third-order valence-corrected chi connectivity index (χ3v) is 12.9. The van der Waals surface area contributed by atoms with E-state index in [2.05, 4.69) is 59.0 Å². The highest BCUT2D eigenvalue weighted by molar-refractivity contribution is 9.10. The maximum absolute atomic E-state index is 8.90. The second-order valence-electron chi connectivity index (χ2n) is 17.5. The Labute approximate surface area is 470 Å². The predicted octanol–water partition coefficient (Wildman–Crippen LogP) is 15.0. The highest BCUT2D eigenvalue weighted by atomic mass is 79.9. The van der Waals surface area contributed by atoms with Crippen LogP contribution in [-0.2, 0) is 0 Å². The Balaban J connectivity index is 0.000000145. The largest absolute Gasteiger partial charge is 0.490 e. The fourth-order valence-corrected chi connectivity index (χ4v) is 9.22. The molecule has 2 N–H and O–H groups in total. The average molecular weight is 1120 g/mol. The Morgan fingerprint density at radius 3 is 0.949 bits per heavy atom. The van der Waals surface area contributed by atoms with Gasteiger partial charge in [-0.2, -0.15) is 0 Å². The van der Waals surface area contributed by atoms with Gasteiger partial charge in [0.05, 0.1) is 11.4 Å². The van der Waals surface area contributed by atoms with E-state index in [1.54, 1.807) is 12.1 Å². The summed E-state index contributed by atoms with van der Waals surface area (Å²) in [6, 6.07) is 78.5. The van der Waals surface area contributed by atoms with Crippen LogP contribution in [0.4, 0.5) is 0 Å². The molecule has 0 unspecified atom stereocenters. The lowest BCUT2D eigenvalue weighted by Crippen LogP contribution is -2.29. The van der Waals surface area contributed by atoms with Crippen LogP contribution in [-0.4, -0.2) is 57.0 Å². The Kier molecular flexibility index (Phi) is 17.1. The van der Waals surface area contributed by atoms with Crippen molar-refractivity contribution in [2.24, 2.45) is 0 Å². The number of benzene rings is 8. The Bertz CT molecular complexity index is 3760. The Hall–Kier alpha value is -8.88. The van der Waals surface area contributed by atoms with E-state index in [0.717, 1.165) is 71.5 Å². The van der Waals surface area contributed by atoms with Gasteiger partial charge in [-0.15, -0.1) is 0 Å². The summed E-state index contributed by atoms with van der Waals surface area (Å²) in [5, 5.41) is 19.0. The van der Waals surface area contributed by atoms with E-state index < -0.39 is 7.12 Å². The second kappa shape index (κ2) is 25.3. The van der Waals surface area contributed by atoms with Crippen LogP contribution < -0.4 is 5.46 Å². The standard InChI is InChI=1S/C32H21ClN4.C21H13BrClN3.C11H10BNO2/c33-28-19-26(25-16-17-29(34-21-25)22-10-4-1-5-11-22)18-27(20-28)32-36-30(23-12-6-2-7-13-23)35-31(37-32)24-14-8-3-9-15-24;22-17-11-16(12-18(23)13-17)21-25-19(14-7-3-1-4-8-14)24-20(26-21)15-9-5-2-6-10-15;14-12(15)10-6-7-11(13-8-10)9-4-2-1-3-5-9/h1-21H;1-13H;1-8,14-15H. The molecule has 8 aromatic carbocycles. The first-order chi connectivity index (χ1) is 38.2. The van der Waals surface area contributed by atoms with Gasteiger partial charge in [-0.25, -0.2) is 29.9 Å². The molecule has 4 heterocycles. The fourth-order valence-electron chi connectivity index (χ4n) is 8.13. The summed E-state index contributed by atoms with van der Waals surface area (Å²) in [5.74, 6) is 3.63. The smallest absolute Gasteiger partial charge is 0.423 e. The molecule has 78 heavy (non-hydrogen) atoms. The molecule has 0 saturated heterocycles. The molecule has 0 bridgehead atoms. The zero-order valence-corrected chi connectivity index (χ0v) is 44.5. The van der Waals surface area contributed by atoms with Gasteiger partial charge in [0, 0.05) is 82.4 Å². The molecule has 0 aliphatic carbocycles. The van der Waals surface area contributed by atoms with Crippen molar-refractivity contribution in [1.82, 2.24) is 39.9 Å². The molecule has 0 spiro atoms. The topological polar surface area (TPSA) is 144 Å². The summed E-state index contributed by atoms with van der Waals surface area (Å²) >= 11 is 16.3. The van der Waals surface area contributed by atoms with E-state index in [1.165, 1.54) is 6.20 Å². The summed E-state index contributed by atoms with van der Waals surface area (Å²) in [4.78, 5) is 37.3. The highest BCUT2D eigenvalue weighted by Gasteiger charge is 2.16. The summed E-state index contributed by atoms with van der Waals surface area (Å²) < 4.78 is 0.878. The van der Waals surface area contributed by atoms with E-state index >= 15 is 0 Å². The van der Waals surface area contributed by atoms with Crippen LogP contribution in [0.3, 0.4) is 0 Å². The van der Waals surface area contributed by atoms with Gasteiger partial charge in [0.25, 0.3) is 0 Å². The molecule has 10 nitrogen and oxygen atoms in total. The summed E-state index contributed by atoms with van der Waals surface area (Å²) in [6.07, 6.45) is 3.34. The molecule has 14 heteroatoms. The van der Waals surface area contributed by atoms with E-state index in [0.29, 0.717) is 50.5 Å². The van der Waals surface area contributed by atoms with Crippen molar-refractivity contribution in [3.05, 3.63) is 270 Å². The van der Waals surface area contributed by atoms with Crippen LogP contribution in [0.15, 0.2) is 260 Å². The minimum Gasteiger partial charge on any atom is -0.423 e. The summed E-state index contributed by atoms with van der Waals surface area (Å²) in [7, 11) is -1.46. The fraction of sp³-hybridized carbons (Fsp3) is 0. The van der Waals surface area contributed by atoms with E-state index in [4.69, 9.17) is 48.2 Å². The summed E-state index contributed by atoms with van der Waals surface area (Å²) in [6.45, 7) is 0. The second-order valence-corrected chi connectivity index (χ2v) is 19.3. The molecule has 0 atom stereocenters. The van der Waals surface area contributed by atoms with Crippen molar-refractivity contribution in [2.75, 3.05) is 0 Å². The van der Waals surface area contributed by atoms with E-state index in [1.807, 2.05) is 219 Å². The molecule has 4 aromatic heterocycles. The lowest BCUT2D eigenvalue weighted by atomic mass is 9.81. The van der Waals surface area contributed by atoms with Crippen LogP contribution in [0.5, 0.6) is 0 Å². The van der Waals surface area contributed by atoms with Crippen LogP contribution in [0.25, 0.3) is 102 Å². The van der Waals surface area contributed by atoms with Gasteiger partial charge < -0.3 is 10.0 Å². The van der Waals surface area contributed by atoms with E-state index in [9.17, 15) is 0 Å². The van der Waals surface area contributed by atoms with Gasteiger partial charge in [0.2, 0.25) is 0 Å². The predicted molar refractivity (Wildman–Crippen MR) is 318 cm³/mol. The maximum Gasteiger partial charge on any atom is 0.490 e. The lowest BCUT2D eigenvalue weighted by Gasteiger charge is -2.10. The molecular formula is C64H44BBrCl2N8O2. The molecule has 0 aliphatic rings. The monoisotopic (exact) mass is 1120 g/mol. The van der Waals surface area contributed by atoms with Crippen LogP contribution >= 0.6 is 39.1 Å². The minimum atomic E-state index is -1.46. The summed E-state index contributed by atoms with van der Waals surface area (Å²) in [5.41, 5.74) is 11.5. The molecule has 0 aliphatic heterocycles. The number of hydrogen-bond acceptors (Lipinski definition) is 10. The van der Waals surface area contributed by atoms with Crippen LogP contribution in [0.2, 0.25) is 10.0 Å². The van der Waals surface area contributed by atoms with Crippen molar-refractivity contribution in [3.63, 3.8) is 0 Å².